The Kier molecular flexibility index (Phi) is 5.05. The van der Waals surface area contributed by atoms with Crippen LogP contribution in [0.2, 0.25) is 0 Å². The Hall–Kier alpha value is -0.120. The van der Waals surface area contributed by atoms with Crippen molar-refractivity contribution in [3.63, 3.8) is 0 Å². The SMILES string of the molecule is CC(C)CN1CCN(CC2(C)CCCNC2)CC1. The number of piperidine rings is 1. The van der Waals surface area contributed by atoms with Gasteiger partial charge in [0.2, 0.25) is 0 Å². The standard InChI is InChI=1S/C15H31N3/c1-14(2)11-17-7-9-18(10-8-17)13-15(3)5-4-6-16-12-15/h14,16H,4-13H2,1-3H3. The zero-order valence-electron chi connectivity index (χ0n) is 12.5. The second-order valence-electron chi connectivity index (χ2n) is 7.06. The van der Waals surface area contributed by atoms with Crippen molar-refractivity contribution in [2.75, 3.05) is 52.4 Å². The fourth-order valence-corrected chi connectivity index (χ4v) is 3.44. The predicted octanol–water partition coefficient (Wildman–Crippen LogP) is 1.65. The van der Waals surface area contributed by atoms with Gasteiger partial charge in [0.05, 0.1) is 0 Å². The molecular formula is C15H31N3. The lowest BCUT2D eigenvalue weighted by molar-refractivity contribution is 0.0740. The maximum absolute atomic E-state index is 3.56. The van der Waals surface area contributed by atoms with E-state index in [9.17, 15) is 0 Å². The van der Waals surface area contributed by atoms with Crippen molar-refractivity contribution in [2.24, 2.45) is 11.3 Å². The van der Waals surface area contributed by atoms with Gasteiger partial charge in [-0.15, -0.1) is 0 Å². The third-order valence-corrected chi connectivity index (χ3v) is 4.38. The van der Waals surface area contributed by atoms with Crippen LogP contribution in [-0.2, 0) is 0 Å². The van der Waals surface area contributed by atoms with Gasteiger partial charge in [0.15, 0.2) is 0 Å². The highest BCUT2D eigenvalue weighted by Gasteiger charge is 2.30. The summed E-state index contributed by atoms with van der Waals surface area (Å²) in [5.41, 5.74) is 0.512. The summed E-state index contributed by atoms with van der Waals surface area (Å²) in [5.74, 6) is 0.802. The normalized spacial score (nSPS) is 32.0. The third kappa shape index (κ3) is 4.22. The molecule has 0 spiro atoms. The lowest BCUT2D eigenvalue weighted by Crippen LogP contribution is -2.52. The summed E-state index contributed by atoms with van der Waals surface area (Å²) in [6, 6.07) is 0. The van der Waals surface area contributed by atoms with Gasteiger partial charge in [0, 0.05) is 45.8 Å². The number of nitrogens with zero attached hydrogens (tertiary/aromatic N) is 2. The molecule has 0 radical (unpaired) electrons. The average molecular weight is 253 g/mol. The van der Waals surface area contributed by atoms with Crippen molar-refractivity contribution in [1.82, 2.24) is 15.1 Å². The van der Waals surface area contributed by atoms with Crippen molar-refractivity contribution in [2.45, 2.75) is 33.6 Å². The molecule has 18 heavy (non-hydrogen) atoms. The molecule has 3 heteroatoms. The molecule has 2 saturated heterocycles. The second-order valence-corrected chi connectivity index (χ2v) is 7.06. The Labute approximate surface area is 113 Å². The van der Waals surface area contributed by atoms with Crippen molar-refractivity contribution >= 4 is 0 Å². The molecule has 1 atom stereocenters. The van der Waals surface area contributed by atoms with Gasteiger partial charge < -0.3 is 15.1 Å². The smallest absolute Gasteiger partial charge is 0.0110 e. The molecule has 0 amide bonds. The molecule has 1 N–H and O–H groups in total. The van der Waals surface area contributed by atoms with E-state index in [-0.39, 0.29) is 0 Å². The molecule has 1 unspecified atom stereocenters. The zero-order valence-corrected chi connectivity index (χ0v) is 12.5. The maximum atomic E-state index is 3.56. The molecule has 0 saturated carbocycles. The van der Waals surface area contributed by atoms with Gasteiger partial charge in [-0.05, 0) is 30.7 Å². The Balaban J connectivity index is 1.72. The number of nitrogens with one attached hydrogen (secondary N) is 1. The first-order chi connectivity index (χ1) is 8.57. The largest absolute Gasteiger partial charge is 0.316 e. The van der Waals surface area contributed by atoms with Crippen LogP contribution in [0.3, 0.4) is 0 Å². The van der Waals surface area contributed by atoms with Crippen LogP contribution in [0.1, 0.15) is 33.6 Å². The van der Waals surface area contributed by atoms with Gasteiger partial charge in [-0.2, -0.15) is 0 Å². The first kappa shape index (κ1) is 14.3. The van der Waals surface area contributed by atoms with E-state index in [1.165, 1.54) is 65.2 Å². The topological polar surface area (TPSA) is 18.5 Å². The first-order valence-corrected chi connectivity index (χ1v) is 7.73. The monoisotopic (exact) mass is 253 g/mol. The van der Waals surface area contributed by atoms with E-state index in [4.69, 9.17) is 0 Å². The van der Waals surface area contributed by atoms with Crippen LogP contribution in [0.5, 0.6) is 0 Å². The molecule has 106 valence electrons. The van der Waals surface area contributed by atoms with Crippen LogP contribution in [0.15, 0.2) is 0 Å². The molecule has 2 aliphatic rings. The molecule has 0 aliphatic carbocycles. The Morgan fingerprint density at radius 2 is 1.78 bits per heavy atom. The molecule has 2 heterocycles. The van der Waals surface area contributed by atoms with E-state index in [0.717, 1.165) is 5.92 Å². The summed E-state index contributed by atoms with van der Waals surface area (Å²) >= 11 is 0. The summed E-state index contributed by atoms with van der Waals surface area (Å²) in [6.07, 6.45) is 2.75. The van der Waals surface area contributed by atoms with Crippen molar-refractivity contribution in [3.05, 3.63) is 0 Å². The molecule has 2 fully saturated rings. The predicted molar refractivity (Wildman–Crippen MR) is 77.9 cm³/mol. The van der Waals surface area contributed by atoms with Crippen LogP contribution in [0.25, 0.3) is 0 Å². The summed E-state index contributed by atoms with van der Waals surface area (Å²) in [5, 5.41) is 3.56. The Bertz CT molecular complexity index is 238. The minimum absolute atomic E-state index is 0.512. The first-order valence-electron chi connectivity index (χ1n) is 7.73. The fraction of sp³-hybridized carbons (Fsp3) is 1.00. The van der Waals surface area contributed by atoms with Crippen LogP contribution in [-0.4, -0.2) is 62.2 Å². The Morgan fingerprint density at radius 1 is 1.11 bits per heavy atom. The molecular weight excluding hydrogens is 222 g/mol. The number of rotatable bonds is 4. The van der Waals surface area contributed by atoms with Crippen molar-refractivity contribution < 1.29 is 0 Å². The van der Waals surface area contributed by atoms with Gasteiger partial charge in [-0.1, -0.05) is 20.8 Å². The highest BCUT2D eigenvalue weighted by Crippen LogP contribution is 2.26. The number of hydrogen-bond donors (Lipinski definition) is 1. The van der Waals surface area contributed by atoms with Gasteiger partial charge >= 0.3 is 0 Å². The van der Waals surface area contributed by atoms with E-state index in [2.05, 4.69) is 35.9 Å². The summed E-state index contributed by atoms with van der Waals surface area (Å²) in [4.78, 5) is 5.31. The molecule has 0 aromatic rings. The number of hydrogen-bond acceptors (Lipinski definition) is 3. The highest BCUT2D eigenvalue weighted by atomic mass is 15.3. The van der Waals surface area contributed by atoms with Crippen molar-refractivity contribution in [3.8, 4) is 0 Å². The molecule has 2 aliphatic heterocycles. The summed E-state index contributed by atoms with van der Waals surface area (Å²) in [7, 11) is 0. The van der Waals surface area contributed by atoms with E-state index >= 15 is 0 Å². The van der Waals surface area contributed by atoms with E-state index < -0.39 is 0 Å². The van der Waals surface area contributed by atoms with Gasteiger partial charge in [0.25, 0.3) is 0 Å². The summed E-state index contributed by atoms with van der Waals surface area (Å²) < 4.78 is 0. The van der Waals surface area contributed by atoms with Crippen molar-refractivity contribution in [1.29, 1.82) is 0 Å². The van der Waals surface area contributed by atoms with E-state index in [0.29, 0.717) is 5.41 Å². The van der Waals surface area contributed by atoms with Gasteiger partial charge in [-0.3, -0.25) is 0 Å². The van der Waals surface area contributed by atoms with Crippen LogP contribution in [0, 0.1) is 11.3 Å². The van der Waals surface area contributed by atoms with Gasteiger partial charge in [0.1, 0.15) is 0 Å². The zero-order chi connectivity index (χ0) is 13.0. The molecule has 3 nitrogen and oxygen atoms in total. The highest BCUT2D eigenvalue weighted by molar-refractivity contribution is 4.86. The fourth-order valence-electron chi connectivity index (χ4n) is 3.44. The molecule has 0 bridgehead atoms. The third-order valence-electron chi connectivity index (χ3n) is 4.38. The quantitative estimate of drug-likeness (QED) is 0.822. The number of piperazine rings is 1. The van der Waals surface area contributed by atoms with E-state index in [1.54, 1.807) is 0 Å². The minimum Gasteiger partial charge on any atom is -0.316 e. The van der Waals surface area contributed by atoms with Gasteiger partial charge in [-0.25, -0.2) is 0 Å². The van der Waals surface area contributed by atoms with Crippen LogP contribution < -0.4 is 5.32 Å². The average Bonchev–Trinajstić information content (AvgIpc) is 2.31. The molecule has 0 aromatic heterocycles. The van der Waals surface area contributed by atoms with E-state index in [1.807, 2.05) is 0 Å². The summed E-state index contributed by atoms with van der Waals surface area (Å²) in [6.45, 7) is 17.1. The van der Waals surface area contributed by atoms with Crippen LogP contribution >= 0.6 is 0 Å². The molecule has 2 rings (SSSR count). The lowest BCUT2D eigenvalue weighted by Gasteiger charge is -2.42. The van der Waals surface area contributed by atoms with Crippen LogP contribution in [0.4, 0.5) is 0 Å². The maximum Gasteiger partial charge on any atom is 0.0110 e. The lowest BCUT2D eigenvalue weighted by atomic mass is 9.82. The second kappa shape index (κ2) is 6.36. The minimum atomic E-state index is 0.512. The Morgan fingerprint density at radius 3 is 2.33 bits per heavy atom. The molecule has 0 aromatic carbocycles.